The van der Waals surface area contributed by atoms with E-state index in [0.717, 1.165) is 19.5 Å². The number of aliphatic hydroxyl groups is 1. The summed E-state index contributed by atoms with van der Waals surface area (Å²) in [6.45, 7) is 8.23. The summed E-state index contributed by atoms with van der Waals surface area (Å²) in [5.74, 6) is 0.242. The number of ether oxygens (including phenoxy) is 2. The maximum absolute atomic E-state index is 13.1. The van der Waals surface area contributed by atoms with E-state index < -0.39 is 17.7 Å². The topological polar surface area (TPSA) is 92.5 Å². The fourth-order valence-corrected chi connectivity index (χ4v) is 4.17. The Morgan fingerprint density at radius 3 is 2.45 bits per heavy atom. The zero-order valence-corrected chi connectivity index (χ0v) is 19.1. The Labute approximate surface area is 193 Å². The van der Waals surface area contributed by atoms with Gasteiger partial charge in [-0.3, -0.25) is 14.5 Å². The number of morpholine rings is 1. The Morgan fingerprint density at radius 1 is 1.09 bits per heavy atom. The Balaban J connectivity index is 1.65. The number of Topliss-reactive ketones (excluding diaryl/α,β-unsaturated/α-hetero) is 1. The molecule has 0 radical (unpaired) electrons. The van der Waals surface area contributed by atoms with Crippen LogP contribution in [0.4, 0.5) is 0 Å². The maximum atomic E-state index is 13.1. The molecule has 8 heteroatoms. The number of furan rings is 1. The molecule has 8 nitrogen and oxygen atoms in total. The Morgan fingerprint density at radius 2 is 1.82 bits per heavy atom. The van der Waals surface area contributed by atoms with E-state index in [4.69, 9.17) is 13.9 Å². The fraction of sp³-hybridized carbons (Fsp3) is 0.440. The normalized spacial score (nSPS) is 21.0. The van der Waals surface area contributed by atoms with Gasteiger partial charge in [0.05, 0.1) is 25.4 Å². The summed E-state index contributed by atoms with van der Waals surface area (Å²) in [4.78, 5) is 29.8. The molecule has 2 aromatic rings. The number of benzene rings is 1. The second-order valence-electron chi connectivity index (χ2n) is 8.27. The van der Waals surface area contributed by atoms with Crippen molar-refractivity contribution in [2.24, 2.45) is 0 Å². The van der Waals surface area contributed by atoms with Crippen molar-refractivity contribution in [2.75, 3.05) is 46.0 Å². The highest BCUT2D eigenvalue weighted by molar-refractivity contribution is 6.46. The van der Waals surface area contributed by atoms with Gasteiger partial charge in [-0.05, 0) is 49.7 Å². The molecule has 176 valence electrons. The summed E-state index contributed by atoms with van der Waals surface area (Å²) >= 11 is 0. The third kappa shape index (κ3) is 4.96. The van der Waals surface area contributed by atoms with Crippen LogP contribution in [-0.2, 0) is 14.3 Å². The number of carbonyl (C=O) groups excluding carboxylic acids is 2. The predicted octanol–water partition coefficient (Wildman–Crippen LogP) is 3.13. The van der Waals surface area contributed by atoms with Crippen molar-refractivity contribution in [3.63, 3.8) is 0 Å². The van der Waals surface area contributed by atoms with Crippen LogP contribution in [0.1, 0.15) is 36.5 Å². The molecule has 0 spiro atoms. The highest BCUT2D eigenvalue weighted by Gasteiger charge is 2.47. The van der Waals surface area contributed by atoms with Crippen LogP contribution in [0.2, 0.25) is 0 Å². The molecule has 1 aromatic heterocycles. The molecule has 2 aliphatic heterocycles. The Kier molecular flexibility index (Phi) is 7.15. The number of likely N-dealkylation sites (tertiary alicyclic amines) is 1. The molecule has 1 N–H and O–H groups in total. The summed E-state index contributed by atoms with van der Waals surface area (Å²) in [7, 11) is 0. The quantitative estimate of drug-likeness (QED) is 0.372. The van der Waals surface area contributed by atoms with Crippen molar-refractivity contribution in [1.82, 2.24) is 9.80 Å². The first-order chi connectivity index (χ1) is 16.0. The van der Waals surface area contributed by atoms with Crippen molar-refractivity contribution in [3.05, 3.63) is 59.1 Å². The Hall–Kier alpha value is -3.10. The molecule has 33 heavy (non-hydrogen) atoms. The van der Waals surface area contributed by atoms with Crippen LogP contribution in [0.5, 0.6) is 5.75 Å². The number of aryl methyl sites for hydroxylation is 1. The molecule has 0 bridgehead atoms. The predicted molar refractivity (Wildman–Crippen MR) is 122 cm³/mol. The highest BCUT2D eigenvalue weighted by Crippen LogP contribution is 2.40. The first-order valence-corrected chi connectivity index (χ1v) is 11.4. The van der Waals surface area contributed by atoms with Crippen molar-refractivity contribution in [1.29, 1.82) is 0 Å². The number of hydrogen-bond donors (Lipinski definition) is 1. The lowest BCUT2D eigenvalue weighted by Gasteiger charge is -2.30. The van der Waals surface area contributed by atoms with Crippen LogP contribution in [0.15, 0.2) is 46.4 Å². The lowest BCUT2D eigenvalue weighted by atomic mass is 9.99. The number of hydrogen-bond acceptors (Lipinski definition) is 7. The van der Waals surface area contributed by atoms with Crippen molar-refractivity contribution >= 4 is 17.4 Å². The van der Waals surface area contributed by atoms with Gasteiger partial charge >= 0.3 is 0 Å². The zero-order valence-electron chi connectivity index (χ0n) is 19.1. The van der Waals surface area contributed by atoms with E-state index in [1.54, 1.807) is 43.3 Å². The number of amides is 1. The number of aliphatic hydroxyl groups excluding tert-OH is 1. The molecule has 2 aliphatic rings. The van der Waals surface area contributed by atoms with Gasteiger partial charge in [-0.1, -0.05) is 6.92 Å². The van der Waals surface area contributed by atoms with Crippen LogP contribution in [0, 0.1) is 6.92 Å². The summed E-state index contributed by atoms with van der Waals surface area (Å²) in [6.07, 6.45) is 0.887. The van der Waals surface area contributed by atoms with E-state index in [2.05, 4.69) is 4.90 Å². The molecule has 4 rings (SSSR count). The average Bonchev–Trinajstić information content (AvgIpc) is 3.37. The first-order valence-electron chi connectivity index (χ1n) is 11.4. The number of carbonyl (C=O) groups is 2. The third-order valence-electron chi connectivity index (χ3n) is 5.93. The first kappa shape index (κ1) is 23.1. The molecule has 0 aliphatic carbocycles. The standard InChI is InChI=1S/C25H30N2O6/c1-3-14-32-19-7-5-18(6-8-19)23(28)21-22(20-9-4-17(2)33-20)27(25(30)24(21)29)11-10-26-12-15-31-16-13-26/h4-9,22,28H,3,10-16H2,1-2H3/b23-21-. The SMILES string of the molecule is CCCOc1ccc(/C(O)=C2/C(=O)C(=O)N(CCN3CCOCC3)C2c2ccc(C)o2)cc1. The molecular formula is C25H30N2O6. The monoisotopic (exact) mass is 454 g/mol. The van der Waals surface area contributed by atoms with E-state index in [0.29, 0.717) is 55.7 Å². The summed E-state index contributed by atoms with van der Waals surface area (Å²) in [5.41, 5.74) is 0.483. The van der Waals surface area contributed by atoms with Crippen LogP contribution >= 0.6 is 0 Å². The average molecular weight is 455 g/mol. The van der Waals surface area contributed by atoms with E-state index >= 15 is 0 Å². The second kappa shape index (κ2) is 10.2. The molecule has 0 saturated carbocycles. The molecule has 2 fully saturated rings. The minimum absolute atomic E-state index is 0.0403. The van der Waals surface area contributed by atoms with Crippen molar-refractivity contribution in [2.45, 2.75) is 26.3 Å². The van der Waals surface area contributed by atoms with Gasteiger partial charge in [0, 0.05) is 31.7 Å². The summed E-state index contributed by atoms with van der Waals surface area (Å²) < 4.78 is 16.8. The molecule has 1 aromatic carbocycles. The lowest BCUT2D eigenvalue weighted by molar-refractivity contribution is -0.140. The molecule has 2 saturated heterocycles. The Bertz CT molecular complexity index is 1020. The van der Waals surface area contributed by atoms with Crippen LogP contribution in [0.25, 0.3) is 5.76 Å². The van der Waals surface area contributed by atoms with Gasteiger partial charge < -0.3 is 23.9 Å². The molecule has 1 unspecified atom stereocenters. The van der Waals surface area contributed by atoms with Gasteiger partial charge in [0.1, 0.15) is 29.1 Å². The van der Waals surface area contributed by atoms with Gasteiger partial charge in [-0.2, -0.15) is 0 Å². The minimum atomic E-state index is -0.782. The van der Waals surface area contributed by atoms with E-state index in [1.165, 1.54) is 4.90 Å². The van der Waals surface area contributed by atoms with Gasteiger partial charge in [0.2, 0.25) is 0 Å². The largest absolute Gasteiger partial charge is 0.507 e. The van der Waals surface area contributed by atoms with Gasteiger partial charge in [0.15, 0.2) is 0 Å². The molecule has 3 heterocycles. The summed E-state index contributed by atoms with van der Waals surface area (Å²) in [5, 5.41) is 11.1. The van der Waals surface area contributed by atoms with Crippen molar-refractivity contribution in [3.8, 4) is 5.75 Å². The number of rotatable bonds is 8. The third-order valence-corrected chi connectivity index (χ3v) is 5.93. The van der Waals surface area contributed by atoms with Crippen molar-refractivity contribution < 1.29 is 28.6 Å². The maximum Gasteiger partial charge on any atom is 0.295 e. The smallest absolute Gasteiger partial charge is 0.295 e. The molecular weight excluding hydrogens is 424 g/mol. The van der Waals surface area contributed by atoms with E-state index in [1.807, 2.05) is 6.92 Å². The van der Waals surface area contributed by atoms with Gasteiger partial charge in [0.25, 0.3) is 11.7 Å². The van der Waals surface area contributed by atoms with Gasteiger partial charge in [-0.25, -0.2) is 0 Å². The highest BCUT2D eigenvalue weighted by atomic mass is 16.5. The lowest BCUT2D eigenvalue weighted by Crippen LogP contribution is -2.42. The van der Waals surface area contributed by atoms with Crippen LogP contribution in [-0.4, -0.2) is 72.6 Å². The zero-order chi connectivity index (χ0) is 23.4. The van der Waals surface area contributed by atoms with Gasteiger partial charge in [-0.15, -0.1) is 0 Å². The van der Waals surface area contributed by atoms with E-state index in [-0.39, 0.29) is 11.3 Å². The summed E-state index contributed by atoms with van der Waals surface area (Å²) in [6, 6.07) is 9.62. The van der Waals surface area contributed by atoms with Crippen LogP contribution < -0.4 is 4.74 Å². The number of ketones is 1. The molecule has 1 amide bonds. The van der Waals surface area contributed by atoms with Crippen LogP contribution in [0.3, 0.4) is 0 Å². The molecule has 1 atom stereocenters. The second-order valence-corrected chi connectivity index (χ2v) is 8.27. The number of nitrogens with zero attached hydrogens (tertiary/aromatic N) is 2. The fourth-order valence-electron chi connectivity index (χ4n) is 4.17. The minimum Gasteiger partial charge on any atom is -0.507 e. The van der Waals surface area contributed by atoms with E-state index in [9.17, 15) is 14.7 Å².